The van der Waals surface area contributed by atoms with Gasteiger partial charge in [0, 0.05) is 24.9 Å². The van der Waals surface area contributed by atoms with E-state index in [1.165, 1.54) is 31.0 Å². The third-order valence-corrected chi connectivity index (χ3v) is 4.82. The molecule has 0 bridgehead atoms. The maximum Gasteiger partial charge on any atom is 0.273 e. The van der Waals surface area contributed by atoms with E-state index in [0.717, 1.165) is 30.3 Å². The normalized spacial score (nSPS) is 17.8. The largest absolute Gasteiger partial charge is 0.350 e. The zero-order valence-electron chi connectivity index (χ0n) is 13.4. The number of thioether (sulfide) groups is 1. The molecule has 1 amide bonds. The number of aromatic amines is 1. The van der Waals surface area contributed by atoms with Gasteiger partial charge in [-0.15, -0.1) is 22.0 Å². The highest BCUT2D eigenvalue weighted by atomic mass is 32.2. The van der Waals surface area contributed by atoms with E-state index in [2.05, 4.69) is 36.4 Å². The van der Waals surface area contributed by atoms with Crippen molar-refractivity contribution in [1.82, 2.24) is 41.0 Å². The first kappa shape index (κ1) is 16.9. The monoisotopic (exact) mass is 350 g/mol. The van der Waals surface area contributed by atoms with Crippen LogP contribution in [-0.2, 0) is 6.54 Å². The second-order valence-electron chi connectivity index (χ2n) is 5.71. The number of aryl methyl sites for hydroxylation is 1. The van der Waals surface area contributed by atoms with Crippen molar-refractivity contribution in [3.63, 3.8) is 0 Å². The predicted octanol–water partition coefficient (Wildman–Crippen LogP) is 0.450. The molecule has 0 saturated carbocycles. The Balaban J connectivity index is 1.36. The molecular weight excluding hydrogens is 328 g/mol. The number of carbonyl (C=O) groups excluding carboxylic acids is 1. The predicted molar refractivity (Wildman–Crippen MR) is 89.7 cm³/mol. The highest BCUT2D eigenvalue weighted by Gasteiger charge is 2.14. The summed E-state index contributed by atoms with van der Waals surface area (Å²) in [7, 11) is 0. The Morgan fingerprint density at radius 1 is 1.46 bits per heavy atom. The Kier molecular flexibility index (Phi) is 6.19. The maximum atomic E-state index is 12.0. The number of H-pyrrole nitrogens is 1. The molecule has 10 heteroatoms. The van der Waals surface area contributed by atoms with Crippen molar-refractivity contribution in [2.45, 2.75) is 43.3 Å². The molecule has 9 nitrogen and oxygen atoms in total. The zero-order valence-corrected chi connectivity index (χ0v) is 14.3. The van der Waals surface area contributed by atoms with Crippen LogP contribution < -0.4 is 10.6 Å². The molecule has 0 aliphatic carbocycles. The lowest BCUT2D eigenvalue weighted by molar-refractivity contribution is 0.0951. The number of hydrogen-bond donors (Lipinski definition) is 3. The molecule has 0 spiro atoms. The maximum absolute atomic E-state index is 12.0. The van der Waals surface area contributed by atoms with Gasteiger partial charge in [0.25, 0.3) is 5.91 Å². The molecular formula is C14H22N8OS. The topological polar surface area (TPSA) is 113 Å². The molecule has 1 saturated heterocycles. The number of hydrogen-bond acceptors (Lipinski definition) is 7. The van der Waals surface area contributed by atoms with E-state index in [9.17, 15) is 4.79 Å². The summed E-state index contributed by atoms with van der Waals surface area (Å²) in [4.78, 5) is 12.0. The zero-order chi connectivity index (χ0) is 16.6. The molecule has 3 N–H and O–H groups in total. The van der Waals surface area contributed by atoms with Gasteiger partial charge in [0.2, 0.25) is 0 Å². The summed E-state index contributed by atoms with van der Waals surface area (Å²) < 4.78 is 1.75. The van der Waals surface area contributed by atoms with Crippen molar-refractivity contribution in [3.8, 4) is 0 Å². The van der Waals surface area contributed by atoms with Gasteiger partial charge in [-0.3, -0.25) is 9.48 Å². The van der Waals surface area contributed by atoms with Gasteiger partial charge >= 0.3 is 0 Å². The van der Waals surface area contributed by atoms with Crippen LogP contribution in [0.5, 0.6) is 0 Å². The van der Waals surface area contributed by atoms with Gasteiger partial charge in [-0.05, 0) is 25.8 Å². The molecule has 3 rings (SSSR count). The van der Waals surface area contributed by atoms with Gasteiger partial charge in [0.05, 0.1) is 12.4 Å². The third-order valence-electron chi connectivity index (χ3n) is 3.92. The minimum absolute atomic E-state index is 0.196. The smallest absolute Gasteiger partial charge is 0.273 e. The fourth-order valence-electron chi connectivity index (χ4n) is 2.64. The van der Waals surface area contributed by atoms with E-state index in [-0.39, 0.29) is 5.91 Å². The van der Waals surface area contributed by atoms with Crippen molar-refractivity contribution >= 4 is 17.7 Å². The van der Waals surface area contributed by atoms with Gasteiger partial charge in [0.15, 0.2) is 5.69 Å². The highest BCUT2D eigenvalue weighted by molar-refractivity contribution is 7.99. The molecule has 2 aromatic rings. The van der Waals surface area contributed by atoms with E-state index < -0.39 is 0 Å². The van der Waals surface area contributed by atoms with Crippen LogP contribution in [0.1, 0.15) is 36.2 Å². The SMILES string of the molecule is O=C(NCCSc1cn[nH]n1)c1cn(CCC2CCCCN2)nn1. The Morgan fingerprint density at radius 2 is 2.42 bits per heavy atom. The number of rotatable bonds is 8. The van der Waals surface area contributed by atoms with Gasteiger partial charge in [0.1, 0.15) is 5.03 Å². The quantitative estimate of drug-likeness (QED) is 0.468. The van der Waals surface area contributed by atoms with E-state index in [4.69, 9.17) is 0 Å². The summed E-state index contributed by atoms with van der Waals surface area (Å²) in [6.07, 6.45) is 8.14. The lowest BCUT2D eigenvalue weighted by atomic mass is 10.0. The van der Waals surface area contributed by atoms with Crippen molar-refractivity contribution in [1.29, 1.82) is 0 Å². The second-order valence-corrected chi connectivity index (χ2v) is 6.83. The molecule has 1 unspecified atom stereocenters. The van der Waals surface area contributed by atoms with Gasteiger partial charge in [-0.1, -0.05) is 11.6 Å². The van der Waals surface area contributed by atoms with Crippen LogP contribution in [-0.4, -0.2) is 61.2 Å². The molecule has 24 heavy (non-hydrogen) atoms. The minimum Gasteiger partial charge on any atom is -0.350 e. The number of piperidine rings is 1. The summed E-state index contributed by atoms with van der Waals surface area (Å²) in [6, 6.07) is 0.550. The first-order valence-electron chi connectivity index (χ1n) is 8.21. The van der Waals surface area contributed by atoms with E-state index in [0.29, 0.717) is 18.3 Å². The lowest BCUT2D eigenvalue weighted by Gasteiger charge is -2.23. The van der Waals surface area contributed by atoms with Crippen LogP contribution in [0, 0.1) is 0 Å². The lowest BCUT2D eigenvalue weighted by Crippen LogP contribution is -2.34. The number of nitrogens with zero attached hydrogens (tertiary/aromatic N) is 5. The van der Waals surface area contributed by atoms with Crippen LogP contribution in [0.3, 0.4) is 0 Å². The van der Waals surface area contributed by atoms with E-state index in [1.54, 1.807) is 17.1 Å². The van der Waals surface area contributed by atoms with Crippen LogP contribution in [0.25, 0.3) is 0 Å². The summed E-state index contributed by atoms with van der Waals surface area (Å²) in [6.45, 7) is 2.41. The third kappa shape index (κ3) is 5.03. The van der Waals surface area contributed by atoms with E-state index >= 15 is 0 Å². The van der Waals surface area contributed by atoms with Crippen molar-refractivity contribution in [2.75, 3.05) is 18.8 Å². The molecule has 1 aliphatic heterocycles. The summed E-state index contributed by atoms with van der Waals surface area (Å²) in [5.74, 6) is 0.525. The number of carbonyl (C=O) groups is 1. The highest BCUT2D eigenvalue weighted by Crippen LogP contribution is 2.12. The fraction of sp³-hybridized carbons (Fsp3) is 0.643. The van der Waals surface area contributed by atoms with Gasteiger partial charge in [-0.2, -0.15) is 10.3 Å². The Hall–Kier alpha value is -1.94. The Morgan fingerprint density at radius 3 is 3.21 bits per heavy atom. The van der Waals surface area contributed by atoms with Crippen LogP contribution in [0.2, 0.25) is 0 Å². The van der Waals surface area contributed by atoms with Crippen LogP contribution in [0.4, 0.5) is 0 Å². The van der Waals surface area contributed by atoms with Crippen molar-refractivity contribution < 1.29 is 4.79 Å². The summed E-state index contributed by atoms with van der Waals surface area (Å²) in [5.41, 5.74) is 0.359. The number of aromatic nitrogens is 6. The van der Waals surface area contributed by atoms with Crippen LogP contribution >= 0.6 is 11.8 Å². The number of nitrogens with one attached hydrogen (secondary N) is 3. The fourth-order valence-corrected chi connectivity index (χ4v) is 3.29. The Bertz CT molecular complexity index is 623. The minimum atomic E-state index is -0.196. The van der Waals surface area contributed by atoms with Crippen molar-refractivity contribution in [3.05, 3.63) is 18.1 Å². The average Bonchev–Trinajstić information content (AvgIpc) is 3.29. The standard InChI is InChI=1S/C14H22N8OS/c23-14(16-6-8-24-13-9-17-20-19-13)12-10-22(21-18-12)7-4-11-3-1-2-5-15-11/h9-11,15H,1-8H2,(H,16,23)(H,17,19,20). The second kappa shape index (κ2) is 8.78. The molecule has 0 aromatic carbocycles. The molecule has 3 heterocycles. The van der Waals surface area contributed by atoms with Gasteiger partial charge < -0.3 is 10.6 Å². The first-order valence-corrected chi connectivity index (χ1v) is 9.20. The number of amides is 1. The molecule has 130 valence electrons. The molecule has 1 atom stereocenters. The molecule has 0 radical (unpaired) electrons. The average molecular weight is 350 g/mol. The van der Waals surface area contributed by atoms with E-state index in [1.807, 2.05) is 0 Å². The molecule has 1 aliphatic rings. The molecule has 1 fully saturated rings. The van der Waals surface area contributed by atoms with Gasteiger partial charge in [-0.25, -0.2) is 0 Å². The van der Waals surface area contributed by atoms with Crippen molar-refractivity contribution in [2.24, 2.45) is 0 Å². The molecule has 2 aromatic heterocycles. The first-order chi connectivity index (χ1) is 11.8. The van der Waals surface area contributed by atoms with Crippen LogP contribution in [0.15, 0.2) is 17.4 Å². The summed E-state index contributed by atoms with van der Waals surface area (Å²) >= 11 is 1.53. The summed E-state index contributed by atoms with van der Waals surface area (Å²) in [5, 5.41) is 25.4. The Labute approximate surface area is 144 Å².